The van der Waals surface area contributed by atoms with Crippen molar-refractivity contribution < 1.29 is 9.13 Å². The van der Waals surface area contributed by atoms with Gasteiger partial charge in [-0.05, 0) is 55.8 Å². The molecule has 0 aliphatic carbocycles. The van der Waals surface area contributed by atoms with E-state index in [0.717, 1.165) is 30.9 Å². The van der Waals surface area contributed by atoms with E-state index in [9.17, 15) is 4.39 Å². The molecule has 0 bridgehead atoms. The number of nitrogens with zero attached hydrogens (tertiary/aromatic N) is 1. The van der Waals surface area contributed by atoms with Gasteiger partial charge in [-0.25, -0.2) is 4.39 Å². The number of rotatable bonds is 8. The zero-order valence-electron chi connectivity index (χ0n) is 15.2. The molecule has 1 fully saturated rings. The van der Waals surface area contributed by atoms with Gasteiger partial charge in [0.05, 0.1) is 5.02 Å². The molecule has 0 aromatic heterocycles. The summed E-state index contributed by atoms with van der Waals surface area (Å²) >= 11 is 6.05. The highest BCUT2D eigenvalue weighted by Gasteiger charge is 2.22. The molecule has 5 heteroatoms. The minimum atomic E-state index is -0.337. The first-order valence-electron chi connectivity index (χ1n) is 9.26. The number of hydrogen-bond donors (Lipinski definition) is 1. The number of benzene rings is 2. The highest BCUT2D eigenvalue weighted by Crippen LogP contribution is 2.21. The van der Waals surface area contributed by atoms with Crippen LogP contribution < -0.4 is 10.1 Å². The maximum Gasteiger partial charge on any atom is 0.124 e. The summed E-state index contributed by atoms with van der Waals surface area (Å²) in [6, 6.07) is 13.1. The molecule has 0 saturated carbocycles. The fraction of sp³-hybridized carbons (Fsp3) is 0.429. The first-order chi connectivity index (χ1) is 12.7. The molecule has 26 heavy (non-hydrogen) atoms. The van der Waals surface area contributed by atoms with Gasteiger partial charge in [0.25, 0.3) is 0 Å². The molecule has 0 spiro atoms. The van der Waals surface area contributed by atoms with E-state index in [4.69, 9.17) is 16.3 Å². The SMILES string of the molecule is CCN1CCC[C@H]1CNCc1cccc(OCc2ccc(F)cc2Cl)c1. The molecular weight excluding hydrogens is 351 g/mol. The second-order valence-corrected chi connectivity index (χ2v) is 7.13. The van der Waals surface area contributed by atoms with Crippen LogP contribution >= 0.6 is 11.6 Å². The Morgan fingerprint density at radius 3 is 2.96 bits per heavy atom. The zero-order chi connectivity index (χ0) is 18.4. The van der Waals surface area contributed by atoms with Gasteiger partial charge in [-0.1, -0.05) is 36.7 Å². The van der Waals surface area contributed by atoms with Crippen LogP contribution in [-0.2, 0) is 13.2 Å². The molecule has 1 N–H and O–H groups in total. The lowest BCUT2D eigenvalue weighted by Gasteiger charge is -2.23. The van der Waals surface area contributed by atoms with Crippen LogP contribution in [0.3, 0.4) is 0 Å². The first kappa shape index (κ1) is 19.2. The monoisotopic (exact) mass is 376 g/mol. The van der Waals surface area contributed by atoms with Crippen molar-refractivity contribution >= 4 is 11.6 Å². The lowest BCUT2D eigenvalue weighted by atomic mass is 10.2. The van der Waals surface area contributed by atoms with Gasteiger partial charge in [0.15, 0.2) is 0 Å². The van der Waals surface area contributed by atoms with Crippen molar-refractivity contribution in [2.45, 2.75) is 39.0 Å². The van der Waals surface area contributed by atoms with Gasteiger partial charge in [0.1, 0.15) is 18.2 Å². The van der Waals surface area contributed by atoms with E-state index in [0.29, 0.717) is 17.7 Å². The smallest absolute Gasteiger partial charge is 0.124 e. The quantitative estimate of drug-likeness (QED) is 0.726. The molecule has 140 valence electrons. The van der Waals surface area contributed by atoms with E-state index < -0.39 is 0 Å². The summed E-state index contributed by atoms with van der Waals surface area (Å²) in [5.41, 5.74) is 1.96. The van der Waals surface area contributed by atoms with E-state index in [1.54, 1.807) is 6.07 Å². The van der Waals surface area contributed by atoms with Gasteiger partial charge in [-0.3, -0.25) is 4.90 Å². The minimum absolute atomic E-state index is 0.323. The Morgan fingerprint density at radius 1 is 1.27 bits per heavy atom. The van der Waals surface area contributed by atoms with Gasteiger partial charge < -0.3 is 10.1 Å². The van der Waals surface area contributed by atoms with Gasteiger partial charge in [0, 0.05) is 24.7 Å². The molecule has 0 amide bonds. The van der Waals surface area contributed by atoms with Crippen LogP contribution in [0.4, 0.5) is 4.39 Å². The molecule has 3 rings (SSSR count). The molecule has 3 nitrogen and oxygen atoms in total. The number of likely N-dealkylation sites (N-methyl/N-ethyl adjacent to an activating group) is 1. The Balaban J connectivity index is 1.50. The van der Waals surface area contributed by atoms with Crippen LogP contribution in [0.5, 0.6) is 5.75 Å². The van der Waals surface area contributed by atoms with Crippen LogP contribution in [0, 0.1) is 5.82 Å². The molecule has 1 aliphatic heterocycles. The van der Waals surface area contributed by atoms with E-state index in [-0.39, 0.29) is 5.82 Å². The average Bonchev–Trinajstić information content (AvgIpc) is 3.09. The largest absolute Gasteiger partial charge is 0.489 e. The maximum atomic E-state index is 13.1. The van der Waals surface area contributed by atoms with Crippen LogP contribution in [0.25, 0.3) is 0 Å². The Kier molecular flexibility index (Phi) is 6.89. The van der Waals surface area contributed by atoms with Gasteiger partial charge in [-0.2, -0.15) is 0 Å². The van der Waals surface area contributed by atoms with Crippen LogP contribution in [0.1, 0.15) is 30.9 Å². The van der Waals surface area contributed by atoms with Crippen molar-refractivity contribution in [1.29, 1.82) is 0 Å². The summed E-state index contributed by atoms with van der Waals surface area (Å²) in [6.45, 7) is 6.74. The van der Waals surface area contributed by atoms with E-state index in [2.05, 4.69) is 23.2 Å². The fourth-order valence-corrected chi connectivity index (χ4v) is 3.69. The fourth-order valence-electron chi connectivity index (χ4n) is 3.47. The summed E-state index contributed by atoms with van der Waals surface area (Å²) in [6.07, 6.45) is 2.58. The van der Waals surface area contributed by atoms with Crippen molar-refractivity contribution in [2.24, 2.45) is 0 Å². The highest BCUT2D eigenvalue weighted by molar-refractivity contribution is 6.31. The van der Waals surface area contributed by atoms with Crippen molar-refractivity contribution in [1.82, 2.24) is 10.2 Å². The van der Waals surface area contributed by atoms with Crippen molar-refractivity contribution in [3.05, 3.63) is 64.4 Å². The predicted octanol–water partition coefficient (Wildman–Crippen LogP) is 4.63. The predicted molar refractivity (Wildman–Crippen MR) is 104 cm³/mol. The average molecular weight is 377 g/mol. The lowest BCUT2D eigenvalue weighted by Crippen LogP contribution is -2.37. The molecule has 2 aromatic rings. The third-order valence-electron chi connectivity index (χ3n) is 4.92. The van der Waals surface area contributed by atoms with Crippen LogP contribution in [0.2, 0.25) is 5.02 Å². The Labute approximate surface area is 160 Å². The van der Waals surface area contributed by atoms with Crippen molar-refractivity contribution in [3.63, 3.8) is 0 Å². The van der Waals surface area contributed by atoms with Crippen LogP contribution in [0.15, 0.2) is 42.5 Å². The Hall–Kier alpha value is -1.62. The molecule has 2 aromatic carbocycles. The Morgan fingerprint density at radius 2 is 2.15 bits per heavy atom. The molecular formula is C21H26ClFN2O. The number of likely N-dealkylation sites (tertiary alicyclic amines) is 1. The number of ether oxygens (including phenoxy) is 1. The standard InChI is InChI=1S/C21H26ClFN2O/c1-2-25-10-4-6-19(25)14-24-13-16-5-3-7-20(11-16)26-15-17-8-9-18(23)12-21(17)22/h3,5,7-9,11-12,19,24H,2,4,6,10,13-15H2,1H3/t19-/m0/s1. The molecule has 1 saturated heterocycles. The normalized spacial score (nSPS) is 17.6. The third kappa shape index (κ3) is 5.19. The maximum absolute atomic E-state index is 13.1. The van der Waals surface area contributed by atoms with Crippen molar-refractivity contribution in [2.75, 3.05) is 19.6 Å². The summed E-state index contributed by atoms with van der Waals surface area (Å²) in [7, 11) is 0. The number of halogens is 2. The van der Waals surface area contributed by atoms with Gasteiger partial charge in [0.2, 0.25) is 0 Å². The molecule has 1 atom stereocenters. The minimum Gasteiger partial charge on any atom is -0.489 e. The van der Waals surface area contributed by atoms with Gasteiger partial charge >= 0.3 is 0 Å². The van der Waals surface area contributed by atoms with E-state index in [1.807, 2.05) is 18.2 Å². The zero-order valence-corrected chi connectivity index (χ0v) is 15.9. The number of hydrogen-bond acceptors (Lipinski definition) is 3. The second-order valence-electron chi connectivity index (χ2n) is 6.73. The summed E-state index contributed by atoms with van der Waals surface area (Å²) < 4.78 is 18.9. The molecule has 1 heterocycles. The topological polar surface area (TPSA) is 24.5 Å². The second kappa shape index (κ2) is 9.36. The summed E-state index contributed by atoms with van der Waals surface area (Å²) in [4.78, 5) is 2.54. The summed E-state index contributed by atoms with van der Waals surface area (Å²) in [5, 5.41) is 3.95. The Bertz CT molecular complexity index is 725. The van der Waals surface area contributed by atoms with Crippen molar-refractivity contribution in [3.8, 4) is 5.75 Å². The van der Waals surface area contributed by atoms with E-state index >= 15 is 0 Å². The van der Waals surface area contributed by atoms with Gasteiger partial charge in [-0.15, -0.1) is 0 Å². The lowest BCUT2D eigenvalue weighted by molar-refractivity contribution is 0.260. The highest BCUT2D eigenvalue weighted by atomic mass is 35.5. The van der Waals surface area contributed by atoms with E-state index in [1.165, 1.54) is 37.1 Å². The van der Waals surface area contributed by atoms with Crippen LogP contribution in [-0.4, -0.2) is 30.6 Å². The molecule has 1 aliphatic rings. The molecule has 0 radical (unpaired) electrons. The third-order valence-corrected chi connectivity index (χ3v) is 5.27. The summed E-state index contributed by atoms with van der Waals surface area (Å²) in [5.74, 6) is 0.455. The molecule has 0 unspecified atom stereocenters. The number of nitrogens with one attached hydrogen (secondary N) is 1. The first-order valence-corrected chi connectivity index (χ1v) is 9.64.